The van der Waals surface area contributed by atoms with Crippen LogP contribution < -0.4 is 15.4 Å². The molecule has 3 aliphatic heterocycles. The molecule has 4 aliphatic rings. The highest BCUT2D eigenvalue weighted by molar-refractivity contribution is 7.89. The van der Waals surface area contributed by atoms with Gasteiger partial charge in [-0.3, -0.25) is 24.0 Å². The van der Waals surface area contributed by atoms with Crippen LogP contribution in [-0.2, 0) is 52.7 Å². The lowest BCUT2D eigenvalue weighted by Crippen LogP contribution is -2.58. The molecule has 14 nitrogen and oxygen atoms in total. The molecular weight excluding hydrogens is 753 g/mol. The molecule has 5 atom stereocenters. The maximum absolute atomic E-state index is 14.5. The van der Waals surface area contributed by atoms with E-state index in [1.54, 1.807) is 32.9 Å². The van der Waals surface area contributed by atoms with E-state index in [0.717, 1.165) is 31.4 Å². The Morgan fingerprint density at radius 3 is 2.36 bits per heavy atom. The molecule has 2 aromatic rings. The lowest BCUT2D eigenvalue weighted by Gasteiger charge is -2.30. The zero-order valence-corrected chi connectivity index (χ0v) is 32.6. The van der Waals surface area contributed by atoms with E-state index in [4.69, 9.17) is 9.47 Å². The Morgan fingerprint density at radius 2 is 1.66 bits per heavy atom. The number of benzene rings is 2. The second-order valence-electron chi connectivity index (χ2n) is 16.2. The number of ether oxygens (including phenoxy) is 2. The first-order chi connectivity index (χ1) is 26.4. The first-order valence-electron chi connectivity index (χ1n) is 19.1. The van der Waals surface area contributed by atoms with E-state index in [1.165, 1.54) is 28.0 Å². The van der Waals surface area contributed by atoms with Gasteiger partial charge < -0.3 is 25.0 Å². The lowest BCUT2D eigenvalue weighted by atomic mass is 10.0. The number of nitrogens with one attached hydrogen (secondary N) is 3. The number of alkyl carbamates (subject to hydrolysis) is 1. The fourth-order valence-corrected chi connectivity index (χ4v) is 8.98. The van der Waals surface area contributed by atoms with E-state index in [2.05, 4.69) is 15.4 Å². The van der Waals surface area contributed by atoms with Crippen LogP contribution in [0.3, 0.4) is 0 Å². The molecule has 5 amide bonds. The van der Waals surface area contributed by atoms with Crippen molar-refractivity contribution >= 4 is 39.9 Å². The summed E-state index contributed by atoms with van der Waals surface area (Å²) in [5.74, 6) is -4.29. The number of nitrogens with zero attached hydrogens (tertiary/aromatic N) is 2. The lowest BCUT2D eigenvalue weighted by molar-refractivity contribution is -0.141. The first-order valence-corrected chi connectivity index (χ1v) is 20.7. The van der Waals surface area contributed by atoms with Gasteiger partial charge >= 0.3 is 12.2 Å². The van der Waals surface area contributed by atoms with Crippen LogP contribution in [0.2, 0.25) is 0 Å². The fraction of sp³-hybridized carbons (Fsp3) is 0.564. The van der Waals surface area contributed by atoms with E-state index in [0.29, 0.717) is 30.4 Å². The molecule has 0 bridgehead atoms. The van der Waals surface area contributed by atoms with E-state index in [-0.39, 0.29) is 44.5 Å². The van der Waals surface area contributed by atoms with E-state index in [9.17, 15) is 41.2 Å². The van der Waals surface area contributed by atoms with E-state index in [1.807, 2.05) is 0 Å². The van der Waals surface area contributed by atoms with Gasteiger partial charge in [0.15, 0.2) is 0 Å². The number of hydrogen-bond donors (Lipinski definition) is 3. The predicted octanol–water partition coefficient (Wildman–Crippen LogP) is 4.55. The highest BCUT2D eigenvalue weighted by atomic mass is 32.2. The van der Waals surface area contributed by atoms with Crippen molar-refractivity contribution in [3.63, 3.8) is 0 Å². The Bertz CT molecular complexity index is 1960. The summed E-state index contributed by atoms with van der Waals surface area (Å²) >= 11 is 0. The summed E-state index contributed by atoms with van der Waals surface area (Å²) in [6, 6.07) is 7.01. The molecule has 17 heteroatoms. The quantitative estimate of drug-likeness (QED) is 0.378. The highest BCUT2D eigenvalue weighted by Gasteiger charge is 2.62. The highest BCUT2D eigenvalue weighted by Crippen LogP contribution is 2.48. The third kappa shape index (κ3) is 9.76. The van der Waals surface area contributed by atoms with E-state index < -0.39 is 92.6 Å². The molecule has 2 aromatic carbocycles. The summed E-state index contributed by atoms with van der Waals surface area (Å²) in [7, 11) is -4.28. The molecule has 56 heavy (non-hydrogen) atoms. The topological polar surface area (TPSA) is 181 Å². The number of fused-ring (bicyclic) bond motifs is 3. The van der Waals surface area contributed by atoms with Gasteiger partial charge in [0.05, 0.1) is 18.8 Å². The SMILES string of the molecule is CC(C)(C)OC(=O)N[C@H]1CCCCCCC[C@H]2C[C@@]2(C(=O)NS(=O)(=O)Cc2ccc(F)cc2)NC(=O)[C@@H]2C[C@@H](OC(=O)N3Cc4cccc(F)c4C3)CN2C1=O. The maximum atomic E-state index is 14.5. The standard InChI is InChI=1S/C39H49F2N5O9S/c1-38(2,3)55-36(50)42-31-13-8-6-4-5-7-11-26-19-39(26,35(49)44-56(52,53)23-24-14-16-27(40)17-15-24)43-33(47)32-18-28(21-46(32)34(31)48)54-37(51)45-20-25-10-9-12-30(41)29(25)22-45/h9-10,12,14-17,26,28,31-32H,4-8,11,13,18-23H2,1-3H3,(H,42,50)(H,43,47)(H,44,49)/t26-,28+,31-,32-,39+/m0/s1. The monoisotopic (exact) mass is 801 g/mol. The summed E-state index contributed by atoms with van der Waals surface area (Å²) in [6.45, 7) is 4.91. The van der Waals surface area contributed by atoms with Crippen molar-refractivity contribution in [2.75, 3.05) is 6.54 Å². The van der Waals surface area contributed by atoms with Crippen molar-refractivity contribution in [1.29, 1.82) is 0 Å². The van der Waals surface area contributed by atoms with Gasteiger partial charge in [-0.05, 0) is 75.3 Å². The normalized spacial score (nSPS) is 25.7. The average molecular weight is 802 g/mol. The Balaban J connectivity index is 1.24. The van der Waals surface area contributed by atoms with Gasteiger partial charge in [-0.25, -0.2) is 26.8 Å². The second kappa shape index (κ2) is 16.4. The molecule has 3 heterocycles. The van der Waals surface area contributed by atoms with Crippen molar-refractivity contribution < 1.29 is 50.6 Å². The van der Waals surface area contributed by atoms with Crippen molar-refractivity contribution in [3.05, 3.63) is 70.8 Å². The predicted molar refractivity (Wildman–Crippen MR) is 198 cm³/mol. The molecular formula is C39H49F2N5O9S. The molecule has 0 radical (unpaired) electrons. The molecule has 6 rings (SSSR count). The summed E-state index contributed by atoms with van der Waals surface area (Å²) in [5.41, 5.74) is -1.20. The number of amides is 5. The van der Waals surface area contributed by atoms with Crippen molar-refractivity contribution in [2.45, 2.75) is 127 Å². The van der Waals surface area contributed by atoms with Crippen LogP contribution in [0.25, 0.3) is 0 Å². The zero-order valence-electron chi connectivity index (χ0n) is 31.8. The number of carbonyl (C=O) groups excluding carboxylic acids is 5. The fourth-order valence-electron chi connectivity index (χ4n) is 7.82. The largest absolute Gasteiger partial charge is 0.444 e. The smallest absolute Gasteiger partial charge is 0.410 e. The molecule has 2 saturated heterocycles. The first kappa shape index (κ1) is 40.9. The summed E-state index contributed by atoms with van der Waals surface area (Å²) < 4.78 is 67.6. The molecule has 1 saturated carbocycles. The van der Waals surface area contributed by atoms with Crippen LogP contribution >= 0.6 is 0 Å². The Hall–Kier alpha value is -4.80. The Labute approximate surface area is 325 Å². The minimum Gasteiger partial charge on any atom is -0.444 e. The van der Waals surface area contributed by atoms with Crippen LogP contribution in [0.4, 0.5) is 18.4 Å². The third-order valence-electron chi connectivity index (χ3n) is 10.7. The van der Waals surface area contributed by atoms with Crippen LogP contribution in [0.15, 0.2) is 42.5 Å². The molecule has 3 N–H and O–H groups in total. The minimum absolute atomic E-state index is 0.0227. The van der Waals surface area contributed by atoms with Gasteiger partial charge in [0.25, 0.3) is 5.91 Å². The average Bonchev–Trinajstić information content (AvgIpc) is 3.40. The summed E-state index contributed by atoms with van der Waals surface area (Å²) in [6.07, 6.45) is 1.78. The van der Waals surface area contributed by atoms with Gasteiger partial charge in [-0.15, -0.1) is 0 Å². The van der Waals surface area contributed by atoms with Gasteiger partial charge in [0.1, 0.15) is 41.0 Å². The number of carbonyl (C=O) groups is 5. The molecule has 0 unspecified atom stereocenters. The summed E-state index contributed by atoms with van der Waals surface area (Å²) in [5, 5.41) is 5.46. The van der Waals surface area contributed by atoms with Crippen molar-refractivity contribution in [1.82, 2.24) is 25.2 Å². The molecule has 1 aliphatic carbocycles. The molecule has 3 fully saturated rings. The third-order valence-corrected chi connectivity index (χ3v) is 11.9. The minimum atomic E-state index is -4.28. The Morgan fingerprint density at radius 1 is 0.964 bits per heavy atom. The molecule has 0 spiro atoms. The number of rotatable bonds is 6. The van der Waals surface area contributed by atoms with E-state index >= 15 is 0 Å². The van der Waals surface area contributed by atoms with Crippen LogP contribution in [0, 0.1) is 17.6 Å². The van der Waals surface area contributed by atoms with Gasteiger partial charge in [-0.1, -0.05) is 56.4 Å². The van der Waals surface area contributed by atoms with Crippen molar-refractivity contribution in [2.24, 2.45) is 5.92 Å². The second-order valence-corrected chi connectivity index (χ2v) is 17.9. The number of halogens is 2. The zero-order chi connectivity index (χ0) is 40.4. The molecule has 0 aromatic heterocycles. The number of hydrogen-bond acceptors (Lipinski definition) is 9. The van der Waals surface area contributed by atoms with Gasteiger partial charge in [-0.2, -0.15) is 0 Å². The maximum Gasteiger partial charge on any atom is 0.410 e. The van der Waals surface area contributed by atoms with Crippen LogP contribution in [-0.4, -0.2) is 84.0 Å². The van der Waals surface area contributed by atoms with Crippen molar-refractivity contribution in [3.8, 4) is 0 Å². The number of sulfonamides is 1. The Kier molecular flexibility index (Phi) is 11.9. The molecule has 304 valence electrons. The van der Waals surface area contributed by atoms with Gasteiger partial charge in [0, 0.05) is 18.5 Å². The summed E-state index contributed by atoms with van der Waals surface area (Å²) in [4.78, 5) is 71.4. The van der Waals surface area contributed by atoms with Crippen LogP contribution in [0.1, 0.15) is 95.2 Å². The van der Waals surface area contributed by atoms with Crippen LogP contribution in [0.5, 0.6) is 0 Å². The van der Waals surface area contributed by atoms with Gasteiger partial charge in [0.2, 0.25) is 21.8 Å².